The van der Waals surface area contributed by atoms with E-state index in [1.54, 1.807) is 0 Å². The molecular weight excluding hydrogens is 184 g/mol. The molecule has 1 aliphatic rings. The second-order valence-electron chi connectivity index (χ2n) is 4.51. The van der Waals surface area contributed by atoms with E-state index in [4.69, 9.17) is 0 Å². The Morgan fingerprint density at radius 3 is 2.53 bits per heavy atom. The van der Waals surface area contributed by atoms with Gasteiger partial charge in [0.1, 0.15) is 0 Å². The van der Waals surface area contributed by atoms with Gasteiger partial charge in [0.2, 0.25) is 0 Å². The van der Waals surface area contributed by atoms with E-state index in [0.29, 0.717) is 6.04 Å². The Morgan fingerprint density at radius 2 is 1.93 bits per heavy atom. The fourth-order valence-electron chi connectivity index (χ4n) is 2.48. The first kappa shape index (κ1) is 10.7. The maximum absolute atomic E-state index is 3.48. The lowest BCUT2D eigenvalue weighted by Crippen LogP contribution is -2.44. The van der Waals surface area contributed by atoms with Crippen LogP contribution in [0.1, 0.15) is 22.7 Å². The van der Waals surface area contributed by atoms with Gasteiger partial charge in [0.05, 0.1) is 0 Å². The number of nitrogens with one attached hydrogen (secondary N) is 1. The molecule has 1 aliphatic heterocycles. The normalized spacial score (nSPS) is 23.0. The highest BCUT2D eigenvalue weighted by Crippen LogP contribution is 2.26. The number of hydrogen-bond acceptors (Lipinski definition) is 2. The molecule has 1 saturated heterocycles. The quantitative estimate of drug-likeness (QED) is 0.751. The standard InChI is InChI=1S/C13H20N2/c1-10-5-4-6-11(2)13(10)12-9-14-7-8-15(12)3/h4-6,12,14H,7-9H2,1-3H3. The summed E-state index contributed by atoms with van der Waals surface area (Å²) in [6, 6.07) is 7.11. The highest BCUT2D eigenvalue weighted by atomic mass is 15.2. The maximum atomic E-state index is 3.48. The highest BCUT2D eigenvalue weighted by Gasteiger charge is 2.22. The lowest BCUT2D eigenvalue weighted by atomic mass is 9.94. The molecule has 2 heteroatoms. The monoisotopic (exact) mass is 204 g/mol. The van der Waals surface area contributed by atoms with E-state index in [-0.39, 0.29) is 0 Å². The van der Waals surface area contributed by atoms with Gasteiger partial charge in [-0.05, 0) is 37.6 Å². The molecule has 2 nitrogen and oxygen atoms in total. The Bertz CT molecular complexity index is 326. The van der Waals surface area contributed by atoms with Crippen LogP contribution in [0, 0.1) is 13.8 Å². The minimum absolute atomic E-state index is 0.542. The number of nitrogens with zero attached hydrogens (tertiary/aromatic N) is 1. The van der Waals surface area contributed by atoms with Crippen molar-refractivity contribution < 1.29 is 0 Å². The fourth-order valence-corrected chi connectivity index (χ4v) is 2.48. The Kier molecular flexibility index (Phi) is 3.08. The van der Waals surface area contributed by atoms with Gasteiger partial charge in [0.25, 0.3) is 0 Å². The average Bonchev–Trinajstić information content (AvgIpc) is 2.20. The molecular formula is C13H20N2. The lowest BCUT2D eigenvalue weighted by molar-refractivity contribution is 0.201. The van der Waals surface area contributed by atoms with Gasteiger partial charge in [-0.1, -0.05) is 18.2 Å². The van der Waals surface area contributed by atoms with Gasteiger partial charge in [-0.25, -0.2) is 0 Å². The van der Waals surface area contributed by atoms with Crippen LogP contribution < -0.4 is 5.32 Å². The molecule has 15 heavy (non-hydrogen) atoms. The minimum Gasteiger partial charge on any atom is -0.314 e. The zero-order valence-corrected chi connectivity index (χ0v) is 9.88. The minimum atomic E-state index is 0.542. The topological polar surface area (TPSA) is 15.3 Å². The van der Waals surface area contributed by atoms with Crippen molar-refractivity contribution in [3.8, 4) is 0 Å². The molecule has 82 valence electrons. The number of hydrogen-bond donors (Lipinski definition) is 1. The molecule has 0 aromatic heterocycles. The van der Waals surface area contributed by atoms with E-state index < -0.39 is 0 Å². The molecule has 1 atom stereocenters. The predicted octanol–water partition coefficient (Wildman–Crippen LogP) is 1.88. The lowest BCUT2D eigenvalue weighted by Gasteiger charge is -2.35. The average molecular weight is 204 g/mol. The SMILES string of the molecule is Cc1cccc(C)c1C1CNCCN1C. The third-order valence-corrected chi connectivity index (χ3v) is 3.39. The van der Waals surface area contributed by atoms with Gasteiger partial charge < -0.3 is 5.32 Å². The van der Waals surface area contributed by atoms with E-state index in [1.165, 1.54) is 16.7 Å². The van der Waals surface area contributed by atoms with E-state index in [9.17, 15) is 0 Å². The van der Waals surface area contributed by atoms with Crippen molar-refractivity contribution in [3.63, 3.8) is 0 Å². The van der Waals surface area contributed by atoms with Crippen molar-refractivity contribution in [1.29, 1.82) is 0 Å². The summed E-state index contributed by atoms with van der Waals surface area (Å²) in [7, 11) is 2.22. The molecule has 0 bridgehead atoms. The predicted molar refractivity (Wildman–Crippen MR) is 64.2 cm³/mol. The molecule has 0 spiro atoms. The first-order valence-corrected chi connectivity index (χ1v) is 5.67. The molecule has 1 N–H and O–H groups in total. The summed E-state index contributed by atoms with van der Waals surface area (Å²) in [5.41, 5.74) is 4.33. The molecule has 0 saturated carbocycles. The number of likely N-dealkylation sites (N-methyl/N-ethyl adjacent to an activating group) is 1. The van der Waals surface area contributed by atoms with E-state index in [2.05, 4.69) is 49.3 Å². The van der Waals surface area contributed by atoms with Crippen molar-refractivity contribution in [2.45, 2.75) is 19.9 Å². The van der Waals surface area contributed by atoms with Crippen molar-refractivity contribution >= 4 is 0 Å². The van der Waals surface area contributed by atoms with Crippen LogP contribution in [-0.4, -0.2) is 31.6 Å². The summed E-state index contributed by atoms with van der Waals surface area (Å²) in [6.45, 7) is 7.74. The van der Waals surface area contributed by atoms with Crippen molar-refractivity contribution in [2.75, 3.05) is 26.7 Å². The van der Waals surface area contributed by atoms with Crippen LogP contribution >= 0.6 is 0 Å². The summed E-state index contributed by atoms with van der Waals surface area (Å²) in [5, 5.41) is 3.48. The molecule has 1 aromatic carbocycles. The Morgan fingerprint density at radius 1 is 1.27 bits per heavy atom. The van der Waals surface area contributed by atoms with E-state index >= 15 is 0 Å². The number of aryl methyl sites for hydroxylation is 2. The molecule has 0 amide bonds. The van der Waals surface area contributed by atoms with E-state index in [1.807, 2.05) is 0 Å². The van der Waals surface area contributed by atoms with E-state index in [0.717, 1.165) is 19.6 Å². The second-order valence-corrected chi connectivity index (χ2v) is 4.51. The van der Waals surface area contributed by atoms with Crippen LogP contribution in [0.4, 0.5) is 0 Å². The molecule has 2 rings (SSSR count). The summed E-state index contributed by atoms with van der Waals surface area (Å²) >= 11 is 0. The van der Waals surface area contributed by atoms with Gasteiger partial charge in [0.15, 0.2) is 0 Å². The Hall–Kier alpha value is -0.860. The summed E-state index contributed by atoms with van der Waals surface area (Å²) in [4.78, 5) is 2.45. The molecule has 1 heterocycles. The first-order valence-electron chi connectivity index (χ1n) is 5.67. The van der Waals surface area contributed by atoms with Crippen LogP contribution in [0.25, 0.3) is 0 Å². The molecule has 0 aliphatic carbocycles. The van der Waals surface area contributed by atoms with Crippen molar-refractivity contribution in [2.24, 2.45) is 0 Å². The van der Waals surface area contributed by atoms with Crippen LogP contribution in [-0.2, 0) is 0 Å². The highest BCUT2D eigenvalue weighted by molar-refractivity contribution is 5.36. The Labute approximate surface area is 92.3 Å². The zero-order chi connectivity index (χ0) is 10.8. The van der Waals surface area contributed by atoms with Crippen LogP contribution in [0.15, 0.2) is 18.2 Å². The smallest absolute Gasteiger partial charge is 0.0475 e. The molecule has 1 aromatic rings. The summed E-state index contributed by atoms with van der Waals surface area (Å²) < 4.78 is 0. The first-order chi connectivity index (χ1) is 7.20. The number of piperazine rings is 1. The van der Waals surface area contributed by atoms with Gasteiger partial charge in [-0.3, -0.25) is 4.90 Å². The summed E-state index contributed by atoms with van der Waals surface area (Å²) in [5.74, 6) is 0. The van der Waals surface area contributed by atoms with Gasteiger partial charge in [-0.2, -0.15) is 0 Å². The second kappa shape index (κ2) is 4.33. The summed E-state index contributed by atoms with van der Waals surface area (Å²) in [6.07, 6.45) is 0. The molecule has 0 radical (unpaired) electrons. The number of benzene rings is 1. The fraction of sp³-hybridized carbons (Fsp3) is 0.538. The maximum Gasteiger partial charge on any atom is 0.0475 e. The van der Waals surface area contributed by atoms with Crippen LogP contribution in [0.2, 0.25) is 0 Å². The zero-order valence-electron chi connectivity index (χ0n) is 9.88. The third kappa shape index (κ3) is 2.06. The van der Waals surface area contributed by atoms with Crippen molar-refractivity contribution in [1.82, 2.24) is 10.2 Å². The van der Waals surface area contributed by atoms with Gasteiger partial charge in [-0.15, -0.1) is 0 Å². The molecule has 1 unspecified atom stereocenters. The van der Waals surface area contributed by atoms with Crippen LogP contribution in [0.3, 0.4) is 0 Å². The largest absolute Gasteiger partial charge is 0.314 e. The van der Waals surface area contributed by atoms with Crippen LogP contribution in [0.5, 0.6) is 0 Å². The number of rotatable bonds is 1. The van der Waals surface area contributed by atoms with Gasteiger partial charge in [0, 0.05) is 25.7 Å². The van der Waals surface area contributed by atoms with Gasteiger partial charge >= 0.3 is 0 Å². The molecule has 1 fully saturated rings. The van der Waals surface area contributed by atoms with Crippen molar-refractivity contribution in [3.05, 3.63) is 34.9 Å². The Balaban J connectivity index is 2.35. The third-order valence-electron chi connectivity index (χ3n) is 3.39.